The summed E-state index contributed by atoms with van der Waals surface area (Å²) in [4.78, 5) is 13.0. The van der Waals surface area contributed by atoms with Crippen LogP contribution in [-0.2, 0) is 11.2 Å². The summed E-state index contributed by atoms with van der Waals surface area (Å²) < 4.78 is 5.09. The molecule has 6 heteroatoms. The zero-order valence-corrected chi connectivity index (χ0v) is 12.2. The fraction of sp³-hybridized carbons (Fsp3) is 0.312. The second-order valence-electron chi connectivity index (χ2n) is 5.44. The summed E-state index contributed by atoms with van der Waals surface area (Å²) >= 11 is 0. The van der Waals surface area contributed by atoms with Crippen LogP contribution in [0.2, 0.25) is 0 Å². The van der Waals surface area contributed by atoms with E-state index in [2.05, 4.69) is 10.1 Å². The fourth-order valence-corrected chi connectivity index (χ4v) is 2.63. The highest BCUT2D eigenvalue weighted by Crippen LogP contribution is 2.21. The van der Waals surface area contributed by atoms with Crippen LogP contribution in [-0.4, -0.2) is 34.9 Å². The maximum Gasteiger partial charge on any atom is 0.225 e. The van der Waals surface area contributed by atoms with E-state index in [0.29, 0.717) is 17.3 Å². The van der Waals surface area contributed by atoms with Gasteiger partial charge in [-0.3, -0.25) is 10.2 Å². The number of nitrogens with zero attached hydrogens (tertiary/aromatic N) is 2. The molecule has 0 radical (unpaired) electrons. The Morgan fingerprint density at radius 3 is 2.59 bits per heavy atom. The van der Waals surface area contributed by atoms with Crippen molar-refractivity contribution in [2.45, 2.75) is 19.3 Å². The largest absolute Gasteiger partial charge is 0.369 e. The molecule has 0 saturated carbocycles. The van der Waals surface area contributed by atoms with Crippen LogP contribution in [0.3, 0.4) is 0 Å². The third-order valence-corrected chi connectivity index (χ3v) is 3.78. The van der Waals surface area contributed by atoms with Gasteiger partial charge in [-0.25, -0.2) is 0 Å². The summed E-state index contributed by atoms with van der Waals surface area (Å²) in [5.74, 6) is 0.576. The Morgan fingerprint density at radius 2 is 1.95 bits per heavy atom. The third-order valence-electron chi connectivity index (χ3n) is 3.78. The van der Waals surface area contributed by atoms with Gasteiger partial charge in [0.15, 0.2) is 0 Å². The minimum atomic E-state index is -0.447. The molecule has 1 saturated heterocycles. The van der Waals surface area contributed by atoms with Crippen LogP contribution in [0.1, 0.15) is 24.2 Å². The minimum Gasteiger partial charge on any atom is -0.369 e. The zero-order chi connectivity index (χ0) is 15.5. The van der Waals surface area contributed by atoms with Gasteiger partial charge in [0.05, 0.1) is 6.42 Å². The number of hydrogen-bond donors (Lipinski definition) is 2. The monoisotopic (exact) mass is 298 g/mol. The van der Waals surface area contributed by atoms with Crippen molar-refractivity contribution in [3.05, 3.63) is 41.7 Å². The van der Waals surface area contributed by atoms with Crippen molar-refractivity contribution in [3.8, 4) is 11.3 Å². The summed E-state index contributed by atoms with van der Waals surface area (Å²) in [6.07, 6.45) is 2.36. The highest BCUT2D eigenvalue weighted by atomic mass is 16.5. The Balaban J connectivity index is 1.74. The molecule has 2 aromatic rings. The molecule has 1 amide bonds. The molecule has 0 aliphatic carbocycles. The number of carbonyl (C=O) groups excluding carboxylic acids is 1. The molecule has 1 aromatic heterocycles. The van der Waals surface area contributed by atoms with Crippen molar-refractivity contribution < 1.29 is 9.32 Å². The molecule has 6 nitrogen and oxygen atoms in total. The van der Waals surface area contributed by atoms with E-state index in [1.807, 2.05) is 24.3 Å². The van der Waals surface area contributed by atoms with Crippen LogP contribution in [0.15, 0.2) is 34.9 Å². The predicted molar refractivity (Wildman–Crippen MR) is 82.5 cm³/mol. The topological polar surface area (TPSA) is 96.2 Å². The summed E-state index contributed by atoms with van der Waals surface area (Å²) in [6.45, 7) is 1.92. The Morgan fingerprint density at radius 1 is 1.27 bits per heavy atom. The number of benzene rings is 1. The molecule has 0 spiro atoms. The van der Waals surface area contributed by atoms with Crippen molar-refractivity contribution in [2.75, 3.05) is 13.1 Å². The van der Waals surface area contributed by atoms with E-state index in [0.717, 1.165) is 37.1 Å². The highest BCUT2D eigenvalue weighted by molar-refractivity contribution is 5.96. The van der Waals surface area contributed by atoms with Crippen molar-refractivity contribution in [2.24, 2.45) is 5.73 Å². The number of hydrogen-bond acceptors (Lipinski definition) is 4. The van der Waals surface area contributed by atoms with E-state index in [1.165, 1.54) is 0 Å². The van der Waals surface area contributed by atoms with Crippen LogP contribution >= 0.6 is 0 Å². The van der Waals surface area contributed by atoms with Crippen LogP contribution in [0.25, 0.3) is 11.3 Å². The van der Waals surface area contributed by atoms with Gasteiger partial charge in [0.2, 0.25) is 5.91 Å². The third kappa shape index (κ3) is 3.00. The number of amidine groups is 1. The van der Waals surface area contributed by atoms with Gasteiger partial charge < -0.3 is 15.2 Å². The molecule has 0 atom stereocenters. The molecule has 3 rings (SSSR count). The van der Waals surface area contributed by atoms with E-state index in [-0.39, 0.29) is 6.42 Å². The van der Waals surface area contributed by atoms with Gasteiger partial charge in [0.25, 0.3) is 0 Å². The quantitative estimate of drug-likeness (QED) is 0.664. The Kier molecular flexibility index (Phi) is 3.91. The van der Waals surface area contributed by atoms with E-state index in [1.54, 1.807) is 6.07 Å². The first-order chi connectivity index (χ1) is 10.6. The van der Waals surface area contributed by atoms with Gasteiger partial charge in [0.1, 0.15) is 17.3 Å². The van der Waals surface area contributed by atoms with Gasteiger partial charge in [0, 0.05) is 30.3 Å². The first kappa shape index (κ1) is 14.3. The van der Waals surface area contributed by atoms with Gasteiger partial charge >= 0.3 is 0 Å². The summed E-state index contributed by atoms with van der Waals surface area (Å²) in [6, 6.07) is 9.36. The standard InChI is InChI=1S/C16H18N4O2/c17-15(21)10-13-9-14(19-22-13)11-3-5-12(6-4-11)16(18)20-7-1-2-8-20/h3-6,9,18H,1-2,7-8,10H2,(H2,17,21). The van der Waals surface area contributed by atoms with Crippen LogP contribution < -0.4 is 5.73 Å². The molecule has 22 heavy (non-hydrogen) atoms. The Bertz CT molecular complexity index is 684. The van der Waals surface area contributed by atoms with Crippen molar-refractivity contribution in [1.29, 1.82) is 5.41 Å². The lowest BCUT2D eigenvalue weighted by Crippen LogP contribution is -2.27. The van der Waals surface area contributed by atoms with Gasteiger partial charge in [-0.1, -0.05) is 29.4 Å². The zero-order valence-electron chi connectivity index (χ0n) is 12.2. The van der Waals surface area contributed by atoms with E-state index in [4.69, 9.17) is 15.7 Å². The average molecular weight is 298 g/mol. The van der Waals surface area contributed by atoms with Gasteiger partial charge in [-0.15, -0.1) is 0 Å². The number of nitrogens with two attached hydrogens (primary N) is 1. The predicted octanol–water partition coefficient (Wildman–Crippen LogP) is 1.79. The van der Waals surface area contributed by atoms with Crippen molar-refractivity contribution in [3.63, 3.8) is 0 Å². The number of likely N-dealkylation sites (tertiary alicyclic amines) is 1. The van der Waals surface area contributed by atoms with Crippen LogP contribution in [0.5, 0.6) is 0 Å². The molecule has 114 valence electrons. The molecule has 1 aliphatic heterocycles. The summed E-state index contributed by atoms with van der Waals surface area (Å²) in [5.41, 5.74) is 7.57. The molecule has 3 N–H and O–H groups in total. The van der Waals surface area contributed by atoms with Gasteiger partial charge in [-0.05, 0) is 12.8 Å². The number of primary amides is 1. The average Bonchev–Trinajstić information content (AvgIpc) is 3.17. The number of aromatic nitrogens is 1. The Hall–Kier alpha value is -2.63. The van der Waals surface area contributed by atoms with E-state index in [9.17, 15) is 4.79 Å². The van der Waals surface area contributed by atoms with E-state index >= 15 is 0 Å². The summed E-state index contributed by atoms with van der Waals surface area (Å²) in [5, 5.41) is 12.2. The van der Waals surface area contributed by atoms with Crippen LogP contribution in [0.4, 0.5) is 0 Å². The Labute approximate surface area is 128 Å². The molecule has 1 aliphatic rings. The minimum absolute atomic E-state index is 0.0463. The molecule has 0 unspecified atom stereocenters. The fourth-order valence-electron chi connectivity index (χ4n) is 2.63. The lowest BCUT2D eigenvalue weighted by atomic mass is 10.1. The van der Waals surface area contributed by atoms with Gasteiger partial charge in [-0.2, -0.15) is 0 Å². The molecular weight excluding hydrogens is 280 g/mol. The second kappa shape index (κ2) is 6.01. The number of amides is 1. The normalized spacial score (nSPS) is 14.3. The first-order valence-electron chi connectivity index (χ1n) is 7.31. The summed E-state index contributed by atoms with van der Waals surface area (Å²) in [7, 11) is 0. The molecule has 1 aromatic carbocycles. The number of nitrogens with one attached hydrogen (secondary N) is 1. The maximum atomic E-state index is 10.9. The number of carbonyl (C=O) groups is 1. The highest BCUT2D eigenvalue weighted by Gasteiger charge is 2.16. The molecule has 1 fully saturated rings. The van der Waals surface area contributed by atoms with Crippen molar-refractivity contribution >= 4 is 11.7 Å². The number of rotatable bonds is 4. The van der Waals surface area contributed by atoms with E-state index < -0.39 is 5.91 Å². The molecular formula is C16H18N4O2. The second-order valence-corrected chi connectivity index (χ2v) is 5.44. The lowest BCUT2D eigenvalue weighted by Gasteiger charge is -2.18. The SMILES string of the molecule is N=C(c1ccc(-c2cc(CC(N)=O)on2)cc1)N1CCCC1. The molecule has 2 heterocycles. The molecule has 0 bridgehead atoms. The van der Waals surface area contributed by atoms with Crippen molar-refractivity contribution in [1.82, 2.24) is 10.1 Å². The lowest BCUT2D eigenvalue weighted by molar-refractivity contribution is -0.117. The smallest absolute Gasteiger partial charge is 0.225 e. The van der Waals surface area contributed by atoms with Crippen LogP contribution in [0, 0.1) is 5.41 Å². The first-order valence-corrected chi connectivity index (χ1v) is 7.31. The maximum absolute atomic E-state index is 10.9.